The summed E-state index contributed by atoms with van der Waals surface area (Å²) < 4.78 is 57.4. The second-order valence-corrected chi connectivity index (χ2v) is 11.1. The lowest BCUT2D eigenvalue weighted by Gasteiger charge is -2.24. The van der Waals surface area contributed by atoms with E-state index in [1.54, 1.807) is 0 Å². The summed E-state index contributed by atoms with van der Waals surface area (Å²) in [7, 11) is -2.32. The van der Waals surface area contributed by atoms with Gasteiger partial charge in [-0.1, -0.05) is 46.0 Å². The zero-order valence-electron chi connectivity index (χ0n) is 18.3. The van der Waals surface area contributed by atoms with E-state index in [1.807, 2.05) is 64.1 Å². The lowest BCUT2D eigenvalue weighted by Crippen LogP contribution is -2.27. The Morgan fingerprint density at radius 2 is 1.25 bits per heavy atom. The van der Waals surface area contributed by atoms with Gasteiger partial charge in [0.2, 0.25) is 5.75 Å². The van der Waals surface area contributed by atoms with Crippen molar-refractivity contribution in [1.82, 2.24) is 0 Å². The summed E-state index contributed by atoms with van der Waals surface area (Å²) in [5.41, 5.74) is 3.67. The van der Waals surface area contributed by atoms with Gasteiger partial charge >= 0.3 is 6.29 Å². The van der Waals surface area contributed by atoms with E-state index in [2.05, 4.69) is 9.47 Å². The predicted octanol–water partition coefficient (Wildman–Crippen LogP) is 5.54. The molecule has 0 N–H and O–H groups in total. The maximum absolute atomic E-state index is 15.1. The largest absolute Gasteiger partial charge is 0.586 e. The number of ether oxygens (including phenoxy) is 3. The molecule has 1 aliphatic rings. The number of methoxy groups -OCH3 is 1. The predicted molar refractivity (Wildman–Crippen MR) is 123 cm³/mol. The first-order valence-electron chi connectivity index (χ1n) is 9.89. The Labute approximate surface area is 190 Å². The Hall–Kier alpha value is -2.56. The maximum atomic E-state index is 15.1. The van der Waals surface area contributed by atoms with E-state index in [9.17, 15) is 8.78 Å². The van der Waals surface area contributed by atoms with Crippen LogP contribution in [-0.2, 0) is 4.57 Å². The molecule has 32 heavy (non-hydrogen) atoms. The third-order valence-electron chi connectivity index (χ3n) is 5.26. The van der Waals surface area contributed by atoms with E-state index in [-0.39, 0.29) is 27.6 Å². The molecule has 0 saturated heterocycles. The van der Waals surface area contributed by atoms with Gasteiger partial charge in [0.15, 0.2) is 18.6 Å². The van der Waals surface area contributed by atoms with E-state index in [1.165, 1.54) is 13.2 Å². The molecule has 3 aromatic rings. The summed E-state index contributed by atoms with van der Waals surface area (Å²) in [5.74, 6) is -0.746. The van der Waals surface area contributed by atoms with Crippen LogP contribution in [0.1, 0.15) is 22.3 Å². The highest BCUT2D eigenvalue weighted by Gasteiger charge is 2.48. The van der Waals surface area contributed by atoms with Crippen LogP contribution in [0.3, 0.4) is 0 Å². The molecule has 1 heterocycles. The molecule has 0 unspecified atom stereocenters. The SMILES string of the molecule is COc1cc(P(=O)(c2cc(C)cc(C)c2)c2cc(C)cc(C)c2)c(Cl)c2c1OC(F)(F)O2. The Morgan fingerprint density at radius 3 is 1.69 bits per heavy atom. The first-order chi connectivity index (χ1) is 14.9. The summed E-state index contributed by atoms with van der Waals surface area (Å²) in [4.78, 5) is 0. The molecule has 0 aliphatic carbocycles. The average Bonchev–Trinajstić information content (AvgIpc) is 3.02. The molecule has 1 aliphatic heterocycles. The van der Waals surface area contributed by atoms with Crippen molar-refractivity contribution in [3.8, 4) is 17.2 Å². The molecule has 0 amide bonds. The van der Waals surface area contributed by atoms with Crippen molar-refractivity contribution in [2.24, 2.45) is 0 Å². The fourth-order valence-corrected chi connectivity index (χ4v) is 7.71. The van der Waals surface area contributed by atoms with Crippen LogP contribution < -0.4 is 30.1 Å². The highest BCUT2D eigenvalue weighted by atomic mass is 35.5. The summed E-state index contributed by atoms with van der Waals surface area (Å²) in [5, 5.41) is 1.02. The van der Waals surface area contributed by atoms with Crippen molar-refractivity contribution in [3.05, 3.63) is 69.7 Å². The normalized spacial score (nSPS) is 14.5. The lowest BCUT2D eigenvalue weighted by molar-refractivity contribution is -0.287. The van der Waals surface area contributed by atoms with Crippen LogP contribution in [0.15, 0.2) is 42.5 Å². The summed E-state index contributed by atoms with van der Waals surface area (Å²) in [6.07, 6.45) is -3.90. The fraction of sp³-hybridized carbons (Fsp3) is 0.250. The second-order valence-electron chi connectivity index (χ2n) is 8.04. The average molecular weight is 479 g/mol. The number of aryl methyl sites for hydroxylation is 4. The molecular weight excluding hydrogens is 457 g/mol. The van der Waals surface area contributed by atoms with Gasteiger partial charge in [0.1, 0.15) is 0 Å². The molecular formula is C24H22ClF2O4P. The van der Waals surface area contributed by atoms with E-state index in [4.69, 9.17) is 16.3 Å². The van der Waals surface area contributed by atoms with Crippen molar-refractivity contribution in [1.29, 1.82) is 0 Å². The van der Waals surface area contributed by atoms with Gasteiger partial charge in [-0.3, -0.25) is 0 Å². The summed E-state index contributed by atoms with van der Waals surface area (Å²) >= 11 is 6.59. The van der Waals surface area contributed by atoms with Crippen LogP contribution in [0.4, 0.5) is 8.78 Å². The van der Waals surface area contributed by atoms with E-state index >= 15 is 4.57 Å². The minimum Gasteiger partial charge on any atom is -0.493 e. The Kier molecular flexibility index (Phi) is 5.51. The van der Waals surface area contributed by atoms with Crippen LogP contribution in [0.25, 0.3) is 0 Å². The zero-order chi connectivity index (χ0) is 23.4. The Balaban J connectivity index is 2.10. The number of hydrogen-bond acceptors (Lipinski definition) is 4. The van der Waals surface area contributed by atoms with Gasteiger partial charge in [-0.25, -0.2) is 0 Å². The molecule has 0 bridgehead atoms. The molecule has 168 valence electrons. The number of rotatable bonds is 4. The minimum absolute atomic E-state index is 0.0365. The van der Waals surface area contributed by atoms with Gasteiger partial charge in [-0.05, 0) is 58.0 Å². The third kappa shape index (κ3) is 3.76. The number of benzene rings is 3. The van der Waals surface area contributed by atoms with E-state index in [0.29, 0.717) is 10.6 Å². The highest BCUT2D eigenvalue weighted by molar-refractivity contribution is 7.85. The number of hydrogen-bond donors (Lipinski definition) is 0. The van der Waals surface area contributed by atoms with Gasteiger partial charge in [-0.2, -0.15) is 0 Å². The van der Waals surface area contributed by atoms with Gasteiger partial charge in [0.05, 0.1) is 12.1 Å². The molecule has 0 fully saturated rings. The van der Waals surface area contributed by atoms with Crippen LogP contribution in [0.2, 0.25) is 5.02 Å². The smallest absolute Gasteiger partial charge is 0.493 e. The first-order valence-corrected chi connectivity index (χ1v) is 12.0. The molecule has 8 heteroatoms. The molecule has 0 saturated carbocycles. The number of fused-ring (bicyclic) bond motifs is 1. The fourth-order valence-electron chi connectivity index (χ4n) is 4.10. The van der Waals surface area contributed by atoms with Crippen molar-refractivity contribution in [2.75, 3.05) is 7.11 Å². The van der Waals surface area contributed by atoms with Crippen molar-refractivity contribution < 1.29 is 27.6 Å². The molecule has 0 aromatic heterocycles. The number of halogens is 3. The maximum Gasteiger partial charge on any atom is 0.586 e. The van der Waals surface area contributed by atoms with Crippen molar-refractivity contribution in [2.45, 2.75) is 34.0 Å². The monoisotopic (exact) mass is 478 g/mol. The Morgan fingerprint density at radius 1 is 0.812 bits per heavy atom. The first kappa shape index (κ1) is 22.6. The topological polar surface area (TPSA) is 44.8 Å². The minimum atomic E-state index is -3.90. The van der Waals surface area contributed by atoms with Crippen molar-refractivity contribution in [3.63, 3.8) is 0 Å². The van der Waals surface area contributed by atoms with Gasteiger partial charge in [-0.15, -0.1) is 8.78 Å². The summed E-state index contributed by atoms with van der Waals surface area (Å²) in [6.45, 7) is 7.63. The second kappa shape index (κ2) is 7.79. The number of alkyl halides is 2. The molecule has 3 aromatic carbocycles. The zero-order valence-corrected chi connectivity index (χ0v) is 19.9. The Bertz CT molecular complexity index is 1190. The van der Waals surface area contributed by atoms with Crippen LogP contribution >= 0.6 is 18.7 Å². The van der Waals surface area contributed by atoms with E-state index in [0.717, 1.165) is 22.3 Å². The van der Waals surface area contributed by atoms with Gasteiger partial charge in [0.25, 0.3) is 0 Å². The highest BCUT2D eigenvalue weighted by Crippen LogP contribution is 2.55. The van der Waals surface area contributed by atoms with Crippen LogP contribution in [0.5, 0.6) is 17.2 Å². The molecule has 0 spiro atoms. The van der Waals surface area contributed by atoms with Gasteiger partial charge in [0, 0.05) is 15.9 Å². The molecule has 0 radical (unpaired) electrons. The van der Waals surface area contributed by atoms with Gasteiger partial charge < -0.3 is 18.8 Å². The quantitative estimate of drug-likeness (QED) is 0.462. The summed E-state index contributed by atoms with van der Waals surface area (Å²) in [6, 6.07) is 12.7. The standard InChI is InChI=1S/C24H22ClF2O4P/c1-13-6-14(2)9-17(8-13)32(28,18-10-15(3)7-16(4)11-18)20-12-19(29-5)22-23(21(20)25)31-24(26,27)30-22/h6-12H,1-5H3. The van der Waals surface area contributed by atoms with E-state index < -0.39 is 13.4 Å². The van der Waals surface area contributed by atoms with Crippen LogP contribution in [-0.4, -0.2) is 13.4 Å². The van der Waals surface area contributed by atoms with Crippen LogP contribution in [0, 0.1) is 27.7 Å². The van der Waals surface area contributed by atoms with Crippen molar-refractivity contribution >= 4 is 34.7 Å². The molecule has 0 atom stereocenters. The molecule has 4 rings (SSSR count). The molecule has 4 nitrogen and oxygen atoms in total. The third-order valence-corrected chi connectivity index (χ3v) is 8.77. The lowest BCUT2D eigenvalue weighted by atomic mass is 10.2.